The van der Waals surface area contributed by atoms with E-state index in [1.165, 1.54) is 11.3 Å². The third-order valence-electron chi connectivity index (χ3n) is 2.25. The molecule has 88 valence electrons. The minimum absolute atomic E-state index is 0.0533. The number of aryl methyl sites for hydroxylation is 1. The monoisotopic (exact) mass is 267 g/mol. The average Bonchev–Trinajstić information content (AvgIpc) is 2.69. The highest BCUT2D eigenvalue weighted by molar-refractivity contribution is 7.19. The summed E-state index contributed by atoms with van der Waals surface area (Å²) in [4.78, 5) is 14.9. The molecule has 0 unspecified atom stereocenters. The summed E-state index contributed by atoms with van der Waals surface area (Å²) in [5, 5.41) is 9.45. The molecule has 0 radical (unpaired) electrons. The Labute approximate surface area is 108 Å². The summed E-state index contributed by atoms with van der Waals surface area (Å²) in [7, 11) is 0. The van der Waals surface area contributed by atoms with Crippen LogP contribution in [0.3, 0.4) is 0 Å². The summed E-state index contributed by atoms with van der Waals surface area (Å²) in [5.74, 6) is -0.838. The molecule has 1 N–H and O–H groups in total. The maximum Gasteiger partial charge on any atom is 0.303 e. The van der Waals surface area contributed by atoms with Crippen molar-refractivity contribution in [3.8, 4) is 10.6 Å². The van der Waals surface area contributed by atoms with Crippen molar-refractivity contribution >= 4 is 28.9 Å². The Hall–Kier alpha value is -1.39. The first-order valence-corrected chi connectivity index (χ1v) is 6.28. The molecule has 1 aromatic heterocycles. The number of carboxylic acid groups (broad SMARTS) is 1. The molecule has 2 rings (SSSR count). The lowest BCUT2D eigenvalue weighted by atomic mass is 10.2. The minimum atomic E-state index is -0.838. The standard InChI is InChI=1S/C12H10ClNO2S/c13-11-9(6-7-10(15)16)14-12(17-11)8-4-2-1-3-5-8/h1-5H,6-7H2,(H,15,16). The van der Waals surface area contributed by atoms with Crippen molar-refractivity contribution in [2.45, 2.75) is 12.8 Å². The molecule has 17 heavy (non-hydrogen) atoms. The third-order valence-corrected chi connectivity index (χ3v) is 3.63. The highest BCUT2D eigenvalue weighted by Gasteiger charge is 2.11. The fraction of sp³-hybridized carbons (Fsp3) is 0.167. The zero-order valence-electron chi connectivity index (χ0n) is 8.89. The van der Waals surface area contributed by atoms with Crippen LogP contribution in [0.15, 0.2) is 30.3 Å². The number of nitrogens with zero attached hydrogens (tertiary/aromatic N) is 1. The van der Waals surface area contributed by atoms with Gasteiger partial charge in [-0.1, -0.05) is 41.9 Å². The van der Waals surface area contributed by atoms with Gasteiger partial charge in [-0.05, 0) is 0 Å². The van der Waals surface area contributed by atoms with Crippen LogP contribution in [0.1, 0.15) is 12.1 Å². The first-order chi connectivity index (χ1) is 8.16. The smallest absolute Gasteiger partial charge is 0.303 e. The Morgan fingerprint density at radius 1 is 1.35 bits per heavy atom. The molecule has 0 atom stereocenters. The Bertz CT molecular complexity index is 525. The van der Waals surface area contributed by atoms with E-state index in [0.717, 1.165) is 10.6 Å². The molecule has 1 heterocycles. The van der Waals surface area contributed by atoms with Gasteiger partial charge in [-0.25, -0.2) is 4.98 Å². The molecule has 0 aliphatic carbocycles. The number of benzene rings is 1. The number of hydrogen-bond donors (Lipinski definition) is 1. The van der Waals surface area contributed by atoms with Gasteiger partial charge in [-0.15, -0.1) is 11.3 Å². The number of thiazole rings is 1. The van der Waals surface area contributed by atoms with Crippen LogP contribution in [-0.4, -0.2) is 16.1 Å². The van der Waals surface area contributed by atoms with Gasteiger partial charge in [0.05, 0.1) is 12.1 Å². The summed E-state index contributed by atoms with van der Waals surface area (Å²) in [5.41, 5.74) is 1.67. The zero-order valence-corrected chi connectivity index (χ0v) is 10.5. The highest BCUT2D eigenvalue weighted by Crippen LogP contribution is 2.32. The Kier molecular flexibility index (Phi) is 3.76. The minimum Gasteiger partial charge on any atom is -0.481 e. The van der Waals surface area contributed by atoms with E-state index in [1.807, 2.05) is 30.3 Å². The number of halogens is 1. The van der Waals surface area contributed by atoms with Crippen LogP contribution >= 0.6 is 22.9 Å². The van der Waals surface area contributed by atoms with Crippen molar-refractivity contribution in [3.63, 3.8) is 0 Å². The van der Waals surface area contributed by atoms with Crippen LogP contribution in [0.25, 0.3) is 10.6 Å². The second-order valence-electron chi connectivity index (χ2n) is 3.50. The van der Waals surface area contributed by atoms with E-state index in [4.69, 9.17) is 16.7 Å². The second-order valence-corrected chi connectivity index (χ2v) is 5.10. The largest absolute Gasteiger partial charge is 0.481 e. The van der Waals surface area contributed by atoms with Gasteiger partial charge in [0.1, 0.15) is 9.34 Å². The maximum atomic E-state index is 10.5. The van der Waals surface area contributed by atoms with Gasteiger partial charge in [0.25, 0.3) is 0 Å². The lowest BCUT2D eigenvalue weighted by molar-refractivity contribution is -0.136. The SMILES string of the molecule is O=C(O)CCc1nc(-c2ccccc2)sc1Cl. The molecule has 1 aromatic carbocycles. The predicted molar refractivity (Wildman–Crippen MR) is 68.5 cm³/mol. The molecule has 5 heteroatoms. The topological polar surface area (TPSA) is 50.2 Å². The maximum absolute atomic E-state index is 10.5. The lowest BCUT2D eigenvalue weighted by Crippen LogP contribution is -1.97. The molecule has 0 aliphatic rings. The average molecular weight is 268 g/mol. The number of aliphatic carboxylic acids is 1. The van der Waals surface area contributed by atoms with E-state index in [0.29, 0.717) is 16.5 Å². The molecule has 3 nitrogen and oxygen atoms in total. The van der Waals surface area contributed by atoms with E-state index >= 15 is 0 Å². The quantitative estimate of drug-likeness (QED) is 0.923. The van der Waals surface area contributed by atoms with E-state index in [-0.39, 0.29) is 6.42 Å². The zero-order chi connectivity index (χ0) is 12.3. The van der Waals surface area contributed by atoms with Crippen molar-refractivity contribution in [1.29, 1.82) is 0 Å². The van der Waals surface area contributed by atoms with Crippen molar-refractivity contribution in [2.24, 2.45) is 0 Å². The molecule has 0 amide bonds. The van der Waals surface area contributed by atoms with Crippen LogP contribution in [0, 0.1) is 0 Å². The van der Waals surface area contributed by atoms with Gasteiger partial charge < -0.3 is 5.11 Å². The van der Waals surface area contributed by atoms with Crippen LogP contribution in [0.4, 0.5) is 0 Å². The second kappa shape index (κ2) is 5.29. The first-order valence-electron chi connectivity index (χ1n) is 5.09. The summed E-state index contributed by atoms with van der Waals surface area (Å²) < 4.78 is 0.574. The van der Waals surface area contributed by atoms with Crippen molar-refractivity contribution in [1.82, 2.24) is 4.98 Å². The lowest BCUT2D eigenvalue weighted by Gasteiger charge is -1.94. The first kappa shape index (κ1) is 12.1. The molecule has 0 fully saturated rings. The number of carbonyl (C=O) groups is 1. The van der Waals surface area contributed by atoms with Crippen LogP contribution in [-0.2, 0) is 11.2 Å². The van der Waals surface area contributed by atoms with Crippen molar-refractivity contribution in [3.05, 3.63) is 40.4 Å². The summed E-state index contributed by atoms with van der Waals surface area (Å²) in [6.07, 6.45) is 0.426. The molecule has 0 saturated carbocycles. The number of hydrogen-bond acceptors (Lipinski definition) is 3. The molecule has 0 aliphatic heterocycles. The van der Waals surface area contributed by atoms with Crippen LogP contribution in [0.2, 0.25) is 4.34 Å². The van der Waals surface area contributed by atoms with Gasteiger partial charge in [0.2, 0.25) is 0 Å². The fourth-order valence-corrected chi connectivity index (χ4v) is 2.62. The number of carboxylic acids is 1. The summed E-state index contributed by atoms with van der Waals surface area (Å²) in [6, 6.07) is 9.71. The molecule has 0 saturated heterocycles. The van der Waals surface area contributed by atoms with E-state index in [2.05, 4.69) is 4.98 Å². The van der Waals surface area contributed by atoms with Crippen molar-refractivity contribution < 1.29 is 9.90 Å². The number of rotatable bonds is 4. The summed E-state index contributed by atoms with van der Waals surface area (Å²) in [6.45, 7) is 0. The van der Waals surface area contributed by atoms with Gasteiger partial charge in [0, 0.05) is 12.0 Å². The normalized spacial score (nSPS) is 10.4. The van der Waals surface area contributed by atoms with Gasteiger partial charge in [-0.3, -0.25) is 4.79 Å². The molecular formula is C12H10ClNO2S. The van der Waals surface area contributed by atoms with E-state index in [1.54, 1.807) is 0 Å². The third kappa shape index (κ3) is 3.05. The molecular weight excluding hydrogens is 258 g/mol. The van der Waals surface area contributed by atoms with Crippen LogP contribution in [0.5, 0.6) is 0 Å². The number of aromatic nitrogens is 1. The predicted octanol–water partition coefficient (Wildman–Crippen LogP) is 3.48. The Balaban J connectivity index is 2.22. The van der Waals surface area contributed by atoms with E-state index in [9.17, 15) is 4.79 Å². The van der Waals surface area contributed by atoms with Gasteiger partial charge in [0.15, 0.2) is 0 Å². The van der Waals surface area contributed by atoms with Gasteiger partial charge in [-0.2, -0.15) is 0 Å². The summed E-state index contributed by atoms with van der Waals surface area (Å²) >= 11 is 7.42. The molecule has 2 aromatic rings. The van der Waals surface area contributed by atoms with Crippen molar-refractivity contribution in [2.75, 3.05) is 0 Å². The molecule has 0 bridgehead atoms. The molecule has 0 spiro atoms. The Morgan fingerprint density at radius 3 is 2.71 bits per heavy atom. The van der Waals surface area contributed by atoms with Gasteiger partial charge >= 0.3 is 5.97 Å². The fourth-order valence-electron chi connectivity index (χ4n) is 1.42. The Morgan fingerprint density at radius 2 is 2.06 bits per heavy atom. The highest BCUT2D eigenvalue weighted by atomic mass is 35.5. The van der Waals surface area contributed by atoms with E-state index < -0.39 is 5.97 Å². The van der Waals surface area contributed by atoms with Crippen LogP contribution < -0.4 is 0 Å².